The highest BCUT2D eigenvalue weighted by atomic mass is 16.3. The van der Waals surface area contributed by atoms with E-state index in [1.165, 1.54) is 65.9 Å². The van der Waals surface area contributed by atoms with Gasteiger partial charge in [-0.05, 0) is 67.1 Å². The average Bonchev–Trinajstić information content (AvgIpc) is 3.52. The molecule has 0 radical (unpaired) electrons. The first-order valence-electron chi connectivity index (χ1n) is 14.7. The third kappa shape index (κ3) is 3.08. The van der Waals surface area contributed by atoms with E-state index in [1.807, 2.05) is 0 Å². The van der Waals surface area contributed by atoms with Crippen LogP contribution in [-0.2, 0) is 5.41 Å². The van der Waals surface area contributed by atoms with Crippen LogP contribution in [0.5, 0.6) is 0 Å². The van der Waals surface area contributed by atoms with Gasteiger partial charge in [-0.25, -0.2) is 0 Å². The van der Waals surface area contributed by atoms with Gasteiger partial charge in [-0.1, -0.05) is 135 Å². The van der Waals surface area contributed by atoms with E-state index in [0.717, 1.165) is 22.1 Å². The lowest BCUT2D eigenvalue weighted by Crippen LogP contribution is -2.14. The molecule has 0 fully saturated rings. The summed E-state index contributed by atoms with van der Waals surface area (Å²) in [7, 11) is 0. The van der Waals surface area contributed by atoms with Gasteiger partial charge in [-0.15, -0.1) is 0 Å². The van der Waals surface area contributed by atoms with Crippen LogP contribution in [0.2, 0.25) is 0 Å². The van der Waals surface area contributed by atoms with Gasteiger partial charge in [0.2, 0.25) is 0 Å². The first kappa shape index (κ1) is 23.6. The molecule has 0 atom stereocenters. The third-order valence-electron chi connectivity index (χ3n) is 9.47. The molecule has 9 rings (SSSR count). The van der Waals surface area contributed by atoms with E-state index in [1.54, 1.807) is 0 Å². The van der Waals surface area contributed by atoms with Crippen LogP contribution in [0, 0.1) is 0 Å². The van der Waals surface area contributed by atoms with Gasteiger partial charge in [0.25, 0.3) is 0 Å². The van der Waals surface area contributed by atoms with Crippen LogP contribution in [-0.4, -0.2) is 0 Å². The van der Waals surface area contributed by atoms with E-state index in [9.17, 15) is 0 Å². The molecule has 42 heavy (non-hydrogen) atoms. The summed E-state index contributed by atoms with van der Waals surface area (Å²) in [6.45, 7) is 4.68. The van der Waals surface area contributed by atoms with Crippen molar-refractivity contribution >= 4 is 43.5 Å². The summed E-state index contributed by atoms with van der Waals surface area (Å²) < 4.78 is 6.84. The van der Waals surface area contributed by atoms with Crippen LogP contribution >= 0.6 is 0 Å². The molecule has 7 aromatic carbocycles. The van der Waals surface area contributed by atoms with Crippen LogP contribution in [0.3, 0.4) is 0 Å². The highest BCUT2D eigenvalue weighted by Crippen LogP contribution is 2.52. The zero-order chi connectivity index (χ0) is 28.0. The summed E-state index contributed by atoms with van der Waals surface area (Å²) in [6, 6.07) is 48.6. The Labute approximate surface area is 244 Å². The SMILES string of the molecule is CC1(C)c2ccccc2-c2cc(-c3c4ccccc4c(-c4cccc5ccccc45)c4oc5ccccc5c34)ccc21. The Hall–Kier alpha value is -5.14. The topological polar surface area (TPSA) is 13.1 Å². The fourth-order valence-electron chi connectivity index (χ4n) is 7.53. The molecule has 0 saturated carbocycles. The molecule has 0 saturated heterocycles. The summed E-state index contributed by atoms with van der Waals surface area (Å²) in [5.74, 6) is 0. The number of hydrogen-bond donors (Lipinski definition) is 0. The minimum Gasteiger partial charge on any atom is -0.455 e. The van der Waals surface area contributed by atoms with Gasteiger partial charge in [0.15, 0.2) is 0 Å². The van der Waals surface area contributed by atoms with Gasteiger partial charge in [-0.2, -0.15) is 0 Å². The summed E-state index contributed by atoms with van der Waals surface area (Å²) >= 11 is 0. The van der Waals surface area contributed by atoms with Crippen LogP contribution < -0.4 is 0 Å². The highest BCUT2D eigenvalue weighted by Gasteiger charge is 2.35. The Bertz CT molecular complexity index is 2380. The van der Waals surface area contributed by atoms with Crippen molar-refractivity contribution in [1.82, 2.24) is 0 Å². The first-order chi connectivity index (χ1) is 20.6. The Kier molecular flexibility index (Phi) is 4.73. The second-order valence-corrected chi connectivity index (χ2v) is 12.1. The van der Waals surface area contributed by atoms with Crippen LogP contribution in [0.1, 0.15) is 25.0 Å². The summed E-state index contributed by atoms with van der Waals surface area (Å²) in [4.78, 5) is 0. The normalized spacial score (nSPS) is 13.7. The third-order valence-corrected chi connectivity index (χ3v) is 9.47. The maximum Gasteiger partial charge on any atom is 0.144 e. The Morgan fingerprint density at radius 1 is 0.476 bits per heavy atom. The van der Waals surface area contributed by atoms with Gasteiger partial charge in [0.1, 0.15) is 11.2 Å². The zero-order valence-corrected chi connectivity index (χ0v) is 23.6. The van der Waals surface area contributed by atoms with Crippen LogP contribution in [0.15, 0.2) is 138 Å². The molecule has 1 aliphatic carbocycles. The van der Waals surface area contributed by atoms with Crippen molar-refractivity contribution in [2.75, 3.05) is 0 Å². The van der Waals surface area contributed by atoms with Crippen LogP contribution in [0.25, 0.3) is 76.9 Å². The molecule has 0 unspecified atom stereocenters. The van der Waals surface area contributed by atoms with Crippen LogP contribution in [0.4, 0.5) is 0 Å². The molecule has 0 amide bonds. The van der Waals surface area contributed by atoms with Crippen molar-refractivity contribution in [3.63, 3.8) is 0 Å². The molecule has 0 bridgehead atoms. The molecule has 1 nitrogen and oxygen atoms in total. The molecule has 8 aromatic rings. The van der Waals surface area contributed by atoms with Crippen molar-refractivity contribution in [2.45, 2.75) is 19.3 Å². The number of hydrogen-bond acceptors (Lipinski definition) is 1. The van der Waals surface area contributed by atoms with E-state index in [0.29, 0.717) is 0 Å². The fraction of sp³-hybridized carbons (Fsp3) is 0.0732. The van der Waals surface area contributed by atoms with Crippen molar-refractivity contribution in [2.24, 2.45) is 0 Å². The minimum absolute atomic E-state index is 0.0254. The van der Waals surface area contributed by atoms with Gasteiger partial charge in [0.05, 0.1) is 0 Å². The van der Waals surface area contributed by atoms with Crippen molar-refractivity contribution in [3.8, 4) is 33.4 Å². The fourth-order valence-corrected chi connectivity index (χ4v) is 7.53. The molecule has 1 heteroatoms. The van der Waals surface area contributed by atoms with E-state index < -0.39 is 0 Å². The summed E-state index contributed by atoms with van der Waals surface area (Å²) in [6.07, 6.45) is 0. The van der Waals surface area contributed by atoms with Crippen molar-refractivity contribution in [3.05, 3.63) is 145 Å². The van der Waals surface area contributed by atoms with E-state index >= 15 is 0 Å². The Morgan fingerprint density at radius 3 is 1.95 bits per heavy atom. The maximum absolute atomic E-state index is 6.84. The summed E-state index contributed by atoms with van der Waals surface area (Å²) in [5.41, 5.74) is 12.1. The largest absolute Gasteiger partial charge is 0.455 e. The standard InChI is InChI=1S/C41H28O/c1-41(2)34-20-9-7-15-28(34)33-24-26(22-23-35(33)41)37-30-16-5-6-17-31(30)38(29-19-11-13-25-12-3-4-14-27(25)29)40-39(37)32-18-8-10-21-36(32)42-40/h3-24H,1-2H3. The van der Waals surface area contributed by atoms with Gasteiger partial charge in [-0.3, -0.25) is 0 Å². The summed E-state index contributed by atoms with van der Waals surface area (Å²) in [5, 5.41) is 7.23. The predicted octanol–water partition coefficient (Wildman–Crippen LogP) is 11.5. The second kappa shape index (κ2) is 8.44. The number of benzene rings is 7. The highest BCUT2D eigenvalue weighted by molar-refractivity contribution is 6.28. The second-order valence-electron chi connectivity index (χ2n) is 12.1. The van der Waals surface area contributed by atoms with E-state index in [4.69, 9.17) is 4.42 Å². The Balaban J connectivity index is 1.45. The predicted molar refractivity (Wildman–Crippen MR) is 177 cm³/mol. The molecule has 1 aromatic heterocycles. The van der Waals surface area contributed by atoms with Gasteiger partial charge in [0, 0.05) is 27.3 Å². The van der Waals surface area contributed by atoms with Gasteiger partial charge < -0.3 is 4.42 Å². The molecular weight excluding hydrogens is 508 g/mol. The lowest BCUT2D eigenvalue weighted by Gasteiger charge is -2.21. The molecule has 1 aliphatic rings. The molecule has 0 spiro atoms. The lowest BCUT2D eigenvalue weighted by atomic mass is 9.81. The molecule has 0 N–H and O–H groups in total. The number of rotatable bonds is 2. The van der Waals surface area contributed by atoms with Gasteiger partial charge >= 0.3 is 0 Å². The minimum atomic E-state index is -0.0254. The molecule has 1 heterocycles. The molecular formula is C41H28O. The zero-order valence-electron chi connectivity index (χ0n) is 23.6. The van der Waals surface area contributed by atoms with Crippen molar-refractivity contribution in [1.29, 1.82) is 0 Å². The number of furan rings is 1. The average molecular weight is 537 g/mol. The maximum atomic E-state index is 6.84. The van der Waals surface area contributed by atoms with E-state index in [2.05, 4.69) is 147 Å². The smallest absolute Gasteiger partial charge is 0.144 e. The lowest BCUT2D eigenvalue weighted by molar-refractivity contribution is 0.660. The van der Waals surface area contributed by atoms with E-state index in [-0.39, 0.29) is 5.41 Å². The molecule has 0 aliphatic heterocycles. The quantitative estimate of drug-likeness (QED) is 0.214. The number of fused-ring (bicyclic) bond motifs is 8. The van der Waals surface area contributed by atoms with Crippen molar-refractivity contribution < 1.29 is 4.42 Å². The monoisotopic (exact) mass is 536 g/mol. The molecule has 198 valence electrons. The Morgan fingerprint density at radius 2 is 1.10 bits per heavy atom. The first-order valence-corrected chi connectivity index (χ1v) is 14.7. The number of para-hydroxylation sites is 1.